The first-order valence-electron chi connectivity index (χ1n) is 6.23. The van der Waals surface area contributed by atoms with Gasteiger partial charge in [-0.1, -0.05) is 0 Å². The molecule has 2 aliphatic heterocycles. The number of nitrogens with zero attached hydrogens (tertiary/aromatic N) is 4. The van der Waals surface area contributed by atoms with Crippen molar-refractivity contribution in [3.63, 3.8) is 0 Å². The molecule has 1 amide bonds. The van der Waals surface area contributed by atoms with Crippen LogP contribution in [-0.2, 0) is 4.79 Å². The standard InChI is InChI=1S/C12H16N4O2/c17-10-7-16(8-10)11(18)9-2-5-15(6-9)12-13-3-1-4-14-12/h1,3-4,9-10,17H,2,5-8H2. The molecule has 18 heavy (non-hydrogen) atoms. The van der Waals surface area contributed by atoms with Gasteiger partial charge in [-0.2, -0.15) is 0 Å². The lowest BCUT2D eigenvalue weighted by Crippen LogP contribution is -2.55. The Morgan fingerprint density at radius 2 is 2.00 bits per heavy atom. The van der Waals surface area contributed by atoms with Gasteiger partial charge in [-0.25, -0.2) is 9.97 Å². The van der Waals surface area contributed by atoms with Crippen molar-refractivity contribution in [1.29, 1.82) is 0 Å². The van der Waals surface area contributed by atoms with Crippen LogP contribution in [0.3, 0.4) is 0 Å². The lowest BCUT2D eigenvalue weighted by atomic mass is 10.0. The minimum Gasteiger partial charge on any atom is -0.389 e. The molecule has 6 nitrogen and oxygen atoms in total. The number of carbonyl (C=O) groups is 1. The summed E-state index contributed by atoms with van der Waals surface area (Å²) in [6.07, 6.45) is 3.93. The van der Waals surface area contributed by atoms with Gasteiger partial charge in [0, 0.05) is 38.6 Å². The summed E-state index contributed by atoms with van der Waals surface area (Å²) in [6, 6.07) is 1.78. The van der Waals surface area contributed by atoms with E-state index in [-0.39, 0.29) is 17.9 Å². The van der Waals surface area contributed by atoms with Crippen LogP contribution in [0.4, 0.5) is 5.95 Å². The SMILES string of the molecule is O=C(C1CCN(c2ncccn2)C1)N1CC(O)C1. The fourth-order valence-corrected chi connectivity index (χ4v) is 2.49. The Hall–Kier alpha value is -1.69. The summed E-state index contributed by atoms with van der Waals surface area (Å²) >= 11 is 0. The van der Waals surface area contributed by atoms with Gasteiger partial charge < -0.3 is 14.9 Å². The van der Waals surface area contributed by atoms with Crippen molar-refractivity contribution in [2.75, 3.05) is 31.1 Å². The van der Waals surface area contributed by atoms with Crippen LogP contribution in [0, 0.1) is 5.92 Å². The monoisotopic (exact) mass is 248 g/mol. The third-order valence-electron chi connectivity index (χ3n) is 3.55. The molecule has 3 heterocycles. The van der Waals surface area contributed by atoms with Crippen molar-refractivity contribution in [3.05, 3.63) is 18.5 Å². The normalized spacial score (nSPS) is 24.2. The molecular weight excluding hydrogens is 232 g/mol. The van der Waals surface area contributed by atoms with E-state index in [9.17, 15) is 9.90 Å². The predicted octanol–water partition coefficient (Wildman–Crippen LogP) is -0.494. The molecule has 2 fully saturated rings. The van der Waals surface area contributed by atoms with Gasteiger partial charge in [0.2, 0.25) is 11.9 Å². The zero-order valence-electron chi connectivity index (χ0n) is 10.1. The van der Waals surface area contributed by atoms with Crippen molar-refractivity contribution < 1.29 is 9.90 Å². The van der Waals surface area contributed by atoms with Gasteiger partial charge in [-0.15, -0.1) is 0 Å². The summed E-state index contributed by atoms with van der Waals surface area (Å²) in [5.41, 5.74) is 0. The lowest BCUT2D eigenvalue weighted by molar-refractivity contribution is -0.145. The molecule has 3 rings (SSSR count). The summed E-state index contributed by atoms with van der Waals surface area (Å²) in [4.78, 5) is 24.3. The maximum absolute atomic E-state index is 12.1. The summed E-state index contributed by atoms with van der Waals surface area (Å²) in [5.74, 6) is 0.858. The lowest BCUT2D eigenvalue weighted by Gasteiger charge is -2.37. The fourth-order valence-electron chi connectivity index (χ4n) is 2.49. The second-order valence-corrected chi connectivity index (χ2v) is 4.88. The minimum absolute atomic E-state index is 0.0151. The van der Waals surface area contributed by atoms with Crippen LogP contribution < -0.4 is 4.90 Å². The molecule has 1 atom stereocenters. The van der Waals surface area contributed by atoms with Crippen LogP contribution in [0.1, 0.15) is 6.42 Å². The van der Waals surface area contributed by atoms with Crippen LogP contribution in [-0.4, -0.2) is 58.2 Å². The third kappa shape index (κ3) is 2.03. The van der Waals surface area contributed by atoms with Gasteiger partial charge in [0.1, 0.15) is 0 Å². The third-order valence-corrected chi connectivity index (χ3v) is 3.55. The number of likely N-dealkylation sites (tertiary alicyclic amines) is 1. The molecule has 0 aliphatic carbocycles. The highest BCUT2D eigenvalue weighted by atomic mass is 16.3. The molecule has 1 unspecified atom stereocenters. The Morgan fingerprint density at radius 3 is 2.67 bits per heavy atom. The first kappa shape index (κ1) is 11.4. The number of amides is 1. The molecule has 2 saturated heterocycles. The number of rotatable bonds is 2. The molecule has 6 heteroatoms. The van der Waals surface area contributed by atoms with Crippen molar-refractivity contribution in [3.8, 4) is 0 Å². The Balaban J connectivity index is 1.60. The largest absolute Gasteiger partial charge is 0.389 e. The Bertz CT molecular complexity index is 433. The molecule has 1 N–H and O–H groups in total. The van der Waals surface area contributed by atoms with E-state index in [4.69, 9.17) is 0 Å². The number of carbonyl (C=O) groups excluding carboxylic acids is 1. The van der Waals surface area contributed by atoms with Crippen molar-refractivity contribution in [2.24, 2.45) is 5.92 Å². The molecule has 0 spiro atoms. The van der Waals surface area contributed by atoms with E-state index in [1.54, 1.807) is 23.4 Å². The van der Waals surface area contributed by atoms with E-state index in [0.717, 1.165) is 13.0 Å². The number of aliphatic hydroxyl groups excluding tert-OH is 1. The van der Waals surface area contributed by atoms with Crippen LogP contribution in [0.2, 0.25) is 0 Å². The number of β-amino-alcohol motifs (C(OH)–C–C–N with tert-alkyl or cyclic N) is 1. The molecule has 1 aromatic rings. The van der Waals surface area contributed by atoms with Gasteiger partial charge in [0.15, 0.2) is 0 Å². The molecule has 2 aliphatic rings. The average molecular weight is 248 g/mol. The first-order chi connectivity index (χ1) is 8.74. The predicted molar refractivity (Wildman–Crippen MR) is 64.9 cm³/mol. The van der Waals surface area contributed by atoms with Crippen LogP contribution in [0.25, 0.3) is 0 Å². The number of hydrogen-bond donors (Lipinski definition) is 1. The van der Waals surface area contributed by atoms with E-state index in [2.05, 4.69) is 9.97 Å². The van der Waals surface area contributed by atoms with Crippen LogP contribution in [0.5, 0.6) is 0 Å². The molecule has 0 bridgehead atoms. The van der Waals surface area contributed by atoms with E-state index >= 15 is 0 Å². The van der Waals surface area contributed by atoms with Crippen molar-refractivity contribution in [2.45, 2.75) is 12.5 Å². The second-order valence-electron chi connectivity index (χ2n) is 4.88. The van der Waals surface area contributed by atoms with Gasteiger partial charge in [0.25, 0.3) is 0 Å². The summed E-state index contributed by atoms with van der Waals surface area (Å²) in [7, 11) is 0. The van der Waals surface area contributed by atoms with Gasteiger partial charge in [-0.05, 0) is 12.5 Å². The van der Waals surface area contributed by atoms with E-state index in [1.807, 2.05) is 4.90 Å². The zero-order valence-corrected chi connectivity index (χ0v) is 10.1. The zero-order chi connectivity index (χ0) is 12.5. The molecule has 0 saturated carbocycles. The van der Waals surface area contributed by atoms with E-state index in [0.29, 0.717) is 25.6 Å². The van der Waals surface area contributed by atoms with Gasteiger partial charge in [0.05, 0.1) is 12.0 Å². The molecule has 1 aromatic heterocycles. The Morgan fingerprint density at radius 1 is 1.28 bits per heavy atom. The second kappa shape index (κ2) is 4.53. The minimum atomic E-state index is -0.330. The number of aliphatic hydroxyl groups is 1. The molecule has 0 radical (unpaired) electrons. The summed E-state index contributed by atoms with van der Waals surface area (Å²) < 4.78 is 0. The smallest absolute Gasteiger partial charge is 0.227 e. The number of aromatic nitrogens is 2. The average Bonchev–Trinajstić information content (AvgIpc) is 2.85. The highest BCUT2D eigenvalue weighted by Gasteiger charge is 2.37. The summed E-state index contributed by atoms with van der Waals surface area (Å²) in [6.45, 7) is 2.46. The van der Waals surface area contributed by atoms with Gasteiger partial charge in [-0.3, -0.25) is 4.79 Å². The maximum atomic E-state index is 12.1. The molecule has 0 aromatic carbocycles. The van der Waals surface area contributed by atoms with Crippen LogP contribution >= 0.6 is 0 Å². The molecule has 96 valence electrons. The number of anilines is 1. The van der Waals surface area contributed by atoms with E-state index in [1.165, 1.54) is 0 Å². The molecular formula is C12H16N4O2. The Kier molecular flexibility index (Phi) is 2.87. The number of hydrogen-bond acceptors (Lipinski definition) is 5. The highest BCUT2D eigenvalue weighted by molar-refractivity contribution is 5.81. The maximum Gasteiger partial charge on any atom is 0.227 e. The topological polar surface area (TPSA) is 69.6 Å². The first-order valence-corrected chi connectivity index (χ1v) is 6.23. The summed E-state index contributed by atoms with van der Waals surface area (Å²) in [5, 5.41) is 9.22. The van der Waals surface area contributed by atoms with Crippen molar-refractivity contribution in [1.82, 2.24) is 14.9 Å². The van der Waals surface area contributed by atoms with Crippen LogP contribution in [0.15, 0.2) is 18.5 Å². The van der Waals surface area contributed by atoms with Gasteiger partial charge >= 0.3 is 0 Å². The van der Waals surface area contributed by atoms with Crippen molar-refractivity contribution >= 4 is 11.9 Å². The fraction of sp³-hybridized carbons (Fsp3) is 0.583. The Labute approximate surface area is 105 Å². The quantitative estimate of drug-likeness (QED) is 0.764. The highest BCUT2D eigenvalue weighted by Crippen LogP contribution is 2.23. The van der Waals surface area contributed by atoms with E-state index < -0.39 is 0 Å².